The second kappa shape index (κ2) is 6.66. The number of hydrogen-bond donors (Lipinski definition) is 2. The van der Waals surface area contributed by atoms with Crippen molar-refractivity contribution in [3.63, 3.8) is 0 Å². The molecule has 0 bridgehead atoms. The van der Waals surface area contributed by atoms with Gasteiger partial charge in [-0.1, -0.05) is 13.0 Å². The number of benzene rings is 1. The van der Waals surface area contributed by atoms with E-state index >= 15 is 0 Å². The number of carbonyl (C=O) groups is 1. The molecule has 2 N–H and O–H groups in total. The summed E-state index contributed by atoms with van der Waals surface area (Å²) in [4.78, 5) is 16.2. The maximum absolute atomic E-state index is 12.4. The molecule has 0 radical (unpaired) electrons. The van der Waals surface area contributed by atoms with Crippen LogP contribution in [0.25, 0.3) is 0 Å². The van der Waals surface area contributed by atoms with Gasteiger partial charge in [-0.3, -0.25) is 10.2 Å². The quantitative estimate of drug-likeness (QED) is 0.801. The molecule has 2 aromatic rings. The summed E-state index contributed by atoms with van der Waals surface area (Å²) in [5.41, 5.74) is 5.64. The largest absolute Gasteiger partial charge is 0.276 e. The Balaban J connectivity index is 1.71. The van der Waals surface area contributed by atoms with Crippen LogP contribution in [0.4, 0.5) is 0 Å². The molecule has 7 heteroatoms. The lowest BCUT2D eigenvalue weighted by Gasteiger charge is -2.09. The third kappa shape index (κ3) is 3.38. The van der Waals surface area contributed by atoms with Crippen molar-refractivity contribution in [1.29, 1.82) is 0 Å². The normalized spacial score (nSPS) is 13.8. The number of hydrazine groups is 1. The van der Waals surface area contributed by atoms with Crippen molar-refractivity contribution in [3.8, 4) is 0 Å². The van der Waals surface area contributed by atoms with Crippen LogP contribution in [-0.2, 0) is 29.3 Å². The fraction of sp³-hybridized carbons (Fsp3) is 0.353. The summed E-state index contributed by atoms with van der Waals surface area (Å²) in [5.74, 6) is -0.437. The molecule has 1 aromatic carbocycles. The van der Waals surface area contributed by atoms with E-state index in [4.69, 9.17) is 0 Å². The van der Waals surface area contributed by atoms with Crippen LogP contribution >= 0.6 is 11.3 Å². The molecule has 1 aliphatic rings. The van der Waals surface area contributed by atoms with Gasteiger partial charge in [0.15, 0.2) is 0 Å². The van der Waals surface area contributed by atoms with Crippen molar-refractivity contribution in [3.05, 3.63) is 50.7 Å². The third-order valence-corrected chi connectivity index (χ3v) is 6.87. The minimum absolute atomic E-state index is 0.181. The molecule has 1 amide bonds. The van der Waals surface area contributed by atoms with Crippen LogP contribution in [0.3, 0.4) is 0 Å². The second-order valence-corrected chi connectivity index (χ2v) is 8.73. The number of sulfonamides is 1. The van der Waals surface area contributed by atoms with Crippen LogP contribution in [0.5, 0.6) is 0 Å². The number of hydrogen-bond acceptors (Lipinski definition) is 4. The number of rotatable bonds is 5. The first-order valence-corrected chi connectivity index (χ1v) is 10.2. The fourth-order valence-corrected chi connectivity index (χ4v) is 4.83. The van der Waals surface area contributed by atoms with Crippen LogP contribution in [0.1, 0.15) is 44.6 Å². The molecule has 128 valence electrons. The van der Waals surface area contributed by atoms with Crippen LogP contribution in [0, 0.1) is 6.92 Å². The Kier molecular flexibility index (Phi) is 4.76. The lowest BCUT2D eigenvalue weighted by molar-refractivity contribution is 0.0949. The molecule has 0 fully saturated rings. The van der Waals surface area contributed by atoms with Crippen molar-refractivity contribution in [2.75, 3.05) is 0 Å². The average Bonchev–Trinajstić information content (AvgIpc) is 3.17. The first-order chi connectivity index (χ1) is 11.4. The van der Waals surface area contributed by atoms with Gasteiger partial charge in [0.2, 0.25) is 0 Å². The van der Waals surface area contributed by atoms with E-state index in [1.165, 1.54) is 16.9 Å². The van der Waals surface area contributed by atoms with Crippen molar-refractivity contribution in [1.82, 2.24) is 10.3 Å². The van der Waals surface area contributed by atoms with Gasteiger partial charge in [-0.15, -0.1) is 16.2 Å². The van der Waals surface area contributed by atoms with Crippen molar-refractivity contribution in [2.24, 2.45) is 0 Å². The van der Waals surface area contributed by atoms with Gasteiger partial charge in [0.1, 0.15) is 0 Å². The van der Waals surface area contributed by atoms with E-state index in [-0.39, 0.29) is 4.90 Å². The highest BCUT2D eigenvalue weighted by atomic mass is 32.2. The zero-order chi connectivity index (χ0) is 17.3. The van der Waals surface area contributed by atoms with Crippen LogP contribution in [0.2, 0.25) is 0 Å². The van der Waals surface area contributed by atoms with Crippen LogP contribution in [-0.4, -0.2) is 14.3 Å². The Bertz CT molecular complexity index is 885. The van der Waals surface area contributed by atoms with Crippen molar-refractivity contribution in [2.45, 2.75) is 44.4 Å². The van der Waals surface area contributed by atoms with E-state index < -0.39 is 15.9 Å². The van der Waals surface area contributed by atoms with E-state index in [1.54, 1.807) is 18.2 Å². The number of amides is 1. The van der Waals surface area contributed by atoms with Gasteiger partial charge in [0, 0.05) is 4.88 Å². The number of nitrogens with one attached hydrogen (secondary N) is 2. The Morgan fingerprint density at radius 3 is 2.67 bits per heavy atom. The molecule has 0 spiro atoms. The highest BCUT2D eigenvalue weighted by Crippen LogP contribution is 2.25. The summed E-state index contributed by atoms with van der Waals surface area (Å²) < 4.78 is 24.7. The van der Waals surface area contributed by atoms with E-state index in [9.17, 15) is 13.2 Å². The third-order valence-electron chi connectivity index (χ3n) is 4.24. The zero-order valence-electron chi connectivity index (χ0n) is 13.7. The van der Waals surface area contributed by atoms with Gasteiger partial charge in [0.25, 0.3) is 15.9 Å². The second-order valence-electron chi connectivity index (χ2n) is 5.91. The van der Waals surface area contributed by atoms with Crippen LogP contribution < -0.4 is 10.3 Å². The summed E-state index contributed by atoms with van der Waals surface area (Å²) in [6.45, 7) is 3.97. The van der Waals surface area contributed by atoms with E-state index in [2.05, 4.69) is 10.3 Å². The summed E-state index contributed by atoms with van der Waals surface area (Å²) in [6.07, 6.45) is 3.81. The summed E-state index contributed by atoms with van der Waals surface area (Å²) in [6, 6.07) is 6.92. The topological polar surface area (TPSA) is 75.3 Å². The Hall–Kier alpha value is -1.70. The first kappa shape index (κ1) is 17.1. The maximum Gasteiger partial charge on any atom is 0.276 e. The molecule has 0 atom stereocenters. The molecule has 5 nitrogen and oxygen atoms in total. The molecule has 0 aliphatic heterocycles. The smallest absolute Gasteiger partial charge is 0.273 e. The monoisotopic (exact) mass is 364 g/mol. The zero-order valence-corrected chi connectivity index (χ0v) is 15.3. The lowest BCUT2D eigenvalue weighted by atomic mass is 10.1. The van der Waals surface area contributed by atoms with Gasteiger partial charge in [-0.05, 0) is 67.5 Å². The molecule has 1 aliphatic carbocycles. The Labute approximate surface area is 146 Å². The lowest BCUT2D eigenvalue weighted by Crippen LogP contribution is -2.41. The van der Waals surface area contributed by atoms with Gasteiger partial charge >= 0.3 is 0 Å². The molecule has 0 saturated heterocycles. The summed E-state index contributed by atoms with van der Waals surface area (Å²) >= 11 is 1.38. The Morgan fingerprint density at radius 2 is 1.96 bits per heavy atom. The maximum atomic E-state index is 12.4. The molecule has 0 unspecified atom stereocenters. The number of aryl methyl sites for hydroxylation is 4. The number of fused-ring (bicyclic) bond motifs is 1. The van der Waals surface area contributed by atoms with E-state index in [0.717, 1.165) is 41.7 Å². The highest BCUT2D eigenvalue weighted by Gasteiger charge is 2.20. The predicted octanol–water partition coefficient (Wildman–Crippen LogP) is 2.73. The minimum atomic E-state index is -3.77. The SMILES string of the molecule is CCc1sc(C(=O)NNS(=O)(=O)c2ccc3c(c2)CCC3)cc1C. The standard InChI is InChI=1S/C17H20N2O3S2/c1-3-15-11(2)9-16(23-15)17(20)18-19-24(21,22)14-8-7-12-5-4-6-13(12)10-14/h7-10,19H,3-6H2,1-2H3,(H,18,20). The van der Waals surface area contributed by atoms with Gasteiger partial charge in [-0.25, -0.2) is 8.42 Å². The van der Waals surface area contributed by atoms with Crippen LogP contribution in [0.15, 0.2) is 29.2 Å². The predicted molar refractivity (Wildman–Crippen MR) is 94.7 cm³/mol. The number of carbonyl (C=O) groups excluding carboxylic acids is 1. The first-order valence-electron chi connectivity index (χ1n) is 7.94. The number of thiophene rings is 1. The molecule has 3 rings (SSSR count). The van der Waals surface area contributed by atoms with Gasteiger partial charge in [-0.2, -0.15) is 0 Å². The van der Waals surface area contributed by atoms with E-state index in [1.807, 2.05) is 19.9 Å². The fourth-order valence-electron chi connectivity index (χ4n) is 2.93. The summed E-state index contributed by atoms with van der Waals surface area (Å²) in [7, 11) is -3.77. The van der Waals surface area contributed by atoms with E-state index in [0.29, 0.717) is 4.88 Å². The molecule has 0 saturated carbocycles. The van der Waals surface area contributed by atoms with Gasteiger partial charge < -0.3 is 0 Å². The average molecular weight is 364 g/mol. The Morgan fingerprint density at radius 1 is 1.21 bits per heavy atom. The molecule has 24 heavy (non-hydrogen) atoms. The molecule has 1 aromatic heterocycles. The van der Waals surface area contributed by atoms with Gasteiger partial charge in [0.05, 0.1) is 9.77 Å². The van der Waals surface area contributed by atoms with Crippen molar-refractivity contribution < 1.29 is 13.2 Å². The summed E-state index contributed by atoms with van der Waals surface area (Å²) in [5, 5.41) is 0. The molecular formula is C17H20N2O3S2. The minimum Gasteiger partial charge on any atom is -0.273 e. The van der Waals surface area contributed by atoms with Crippen molar-refractivity contribution >= 4 is 27.3 Å². The molecular weight excluding hydrogens is 344 g/mol. The molecule has 1 heterocycles. The highest BCUT2D eigenvalue weighted by molar-refractivity contribution is 7.89.